The maximum atomic E-state index is 12.2. The van der Waals surface area contributed by atoms with E-state index in [0.717, 1.165) is 16.7 Å². The number of aromatic nitrogens is 3. The number of anilines is 1. The number of nitrogens with zero attached hydrogens (tertiary/aromatic N) is 3. The average Bonchev–Trinajstić information content (AvgIpc) is 3.30. The Bertz CT molecular complexity index is 1110. The summed E-state index contributed by atoms with van der Waals surface area (Å²) in [4.78, 5) is 21.3. The molecule has 0 saturated heterocycles. The highest BCUT2D eigenvalue weighted by Gasteiger charge is 2.18. The average molecular weight is 436 g/mol. The van der Waals surface area contributed by atoms with Crippen LogP contribution >= 0.6 is 11.3 Å². The van der Waals surface area contributed by atoms with Crippen molar-refractivity contribution in [2.75, 3.05) is 24.7 Å². The number of nitrogens with one attached hydrogen (secondary N) is 2. The number of aryl methyl sites for hydroxylation is 1. The summed E-state index contributed by atoms with van der Waals surface area (Å²) in [6.45, 7) is 2.19. The Morgan fingerprint density at radius 1 is 1.34 bits per heavy atom. The van der Waals surface area contributed by atoms with Crippen LogP contribution in [-0.2, 0) is 9.84 Å². The molecule has 9 nitrogen and oxygen atoms in total. The predicted molar refractivity (Wildman–Crippen MR) is 111 cm³/mol. The second-order valence-electron chi connectivity index (χ2n) is 6.32. The zero-order valence-electron chi connectivity index (χ0n) is 15.9. The Balaban J connectivity index is 1.92. The smallest absolute Gasteiger partial charge is 0.321 e. The Hall–Kier alpha value is -2.76. The van der Waals surface area contributed by atoms with Gasteiger partial charge in [0.15, 0.2) is 15.0 Å². The van der Waals surface area contributed by atoms with Crippen LogP contribution in [0.2, 0.25) is 0 Å². The van der Waals surface area contributed by atoms with Gasteiger partial charge in [0.2, 0.25) is 0 Å². The highest BCUT2D eigenvalue weighted by Crippen LogP contribution is 2.35. The summed E-state index contributed by atoms with van der Waals surface area (Å²) < 4.78 is 26.0. The maximum absolute atomic E-state index is 12.2. The van der Waals surface area contributed by atoms with Crippen LogP contribution in [0.3, 0.4) is 0 Å². The second kappa shape index (κ2) is 8.72. The van der Waals surface area contributed by atoms with E-state index >= 15 is 0 Å². The molecule has 0 aliphatic carbocycles. The first-order valence-electron chi connectivity index (χ1n) is 8.75. The van der Waals surface area contributed by atoms with Crippen LogP contribution < -0.4 is 10.6 Å². The Morgan fingerprint density at radius 3 is 2.79 bits per heavy atom. The van der Waals surface area contributed by atoms with Crippen molar-refractivity contribution in [3.8, 4) is 16.1 Å². The molecule has 0 fully saturated rings. The quantitative estimate of drug-likeness (QED) is 0.489. The van der Waals surface area contributed by atoms with E-state index in [0.29, 0.717) is 29.5 Å². The van der Waals surface area contributed by atoms with E-state index in [4.69, 9.17) is 5.11 Å². The molecular weight excluding hydrogens is 414 g/mol. The fraction of sp³-hybridized carbons (Fsp3) is 0.278. The molecule has 29 heavy (non-hydrogen) atoms. The monoisotopic (exact) mass is 435 g/mol. The maximum Gasteiger partial charge on any atom is 0.321 e. The molecule has 0 atom stereocenters. The first kappa shape index (κ1) is 21.0. The van der Waals surface area contributed by atoms with Gasteiger partial charge in [0.25, 0.3) is 0 Å². The number of imidazole rings is 1. The van der Waals surface area contributed by atoms with Crippen LogP contribution in [0.25, 0.3) is 16.1 Å². The van der Waals surface area contributed by atoms with E-state index in [2.05, 4.69) is 20.6 Å². The SMILES string of the molecule is Cc1nc(NC(=O)NCCCO)sc1-c1ccc(S(C)(=O)=O)c(-n2ccnc2)c1. The largest absolute Gasteiger partial charge is 0.396 e. The first-order chi connectivity index (χ1) is 13.8. The van der Waals surface area contributed by atoms with Crippen LogP contribution in [0.1, 0.15) is 12.1 Å². The molecule has 0 unspecified atom stereocenters. The number of sulfone groups is 1. The van der Waals surface area contributed by atoms with Gasteiger partial charge in [-0.05, 0) is 31.0 Å². The number of amides is 2. The van der Waals surface area contributed by atoms with E-state index in [9.17, 15) is 13.2 Å². The molecule has 0 spiro atoms. The van der Waals surface area contributed by atoms with Gasteiger partial charge in [-0.1, -0.05) is 17.4 Å². The molecule has 11 heteroatoms. The van der Waals surface area contributed by atoms with Crippen LogP contribution in [0.5, 0.6) is 0 Å². The lowest BCUT2D eigenvalue weighted by molar-refractivity contribution is 0.249. The molecule has 2 aromatic heterocycles. The lowest BCUT2D eigenvalue weighted by Crippen LogP contribution is -2.29. The van der Waals surface area contributed by atoms with Crippen LogP contribution in [-0.4, -0.2) is 53.5 Å². The summed E-state index contributed by atoms with van der Waals surface area (Å²) in [5.41, 5.74) is 1.99. The topological polar surface area (TPSA) is 126 Å². The third kappa shape index (κ3) is 5.00. The summed E-state index contributed by atoms with van der Waals surface area (Å²) in [7, 11) is -3.43. The molecule has 0 aliphatic rings. The minimum Gasteiger partial charge on any atom is -0.396 e. The summed E-state index contributed by atoms with van der Waals surface area (Å²) in [5.74, 6) is 0. The van der Waals surface area contributed by atoms with E-state index in [1.807, 2.05) is 6.92 Å². The van der Waals surface area contributed by atoms with Crippen LogP contribution in [0.4, 0.5) is 9.93 Å². The Labute approximate surface area is 172 Å². The number of carbonyl (C=O) groups excluding carboxylic acids is 1. The minimum absolute atomic E-state index is 0.00348. The number of aliphatic hydroxyl groups is 1. The van der Waals surface area contributed by atoms with Crippen molar-refractivity contribution in [2.24, 2.45) is 0 Å². The van der Waals surface area contributed by atoms with E-state index in [1.54, 1.807) is 35.2 Å². The fourth-order valence-electron chi connectivity index (χ4n) is 2.72. The molecule has 3 rings (SSSR count). The standard InChI is InChI=1S/C18H21N5O4S2/c1-12-16(28-18(21-12)22-17(25)20-6-3-9-24)13-4-5-15(29(2,26)27)14(10-13)23-8-7-19-11-23/h4-5,7-8,10-11,24H,3,6,9H2,1-2H3,(H2,20,21,22,25). The van der Waals surface area contributed by atoms with E-state index < -0.39 is 15.9 Å². The number of aliphatic hydroxyl groups excluding tert-OH is 1. The zero-order chi connectivity index (χ0) is 21.0. The van der Waals surface area contributed by atoms with Gasteiger partial charge in [0.05, 0.1) is 27.5 Å². The number of benzene rings is 1. The van der Waals surface area contributed by atoms with Gasteiger partial charge in [-0.2, -0.15) is 0 Å². The number of hydrogen-bond acceptors (Lipinski definition) is 7. The summed E-state index contributed by atoms with van der Waals surface area (Å²) >= 11 is 1.29. The Kier molecular flexibility index (Phi) is 6.30. The van der Waals surface area contributed by atoms with Crippen molar-refractivity contribution < 1.29 is 18.3 Å². The van der Waals surface area contributed by atoms with Gasteiger partial charge in [-0.15, -0.1) is 0 Å². The second-order valence-corrected chi connectivity index (χ2v) is 9.30. The Morgan fingerprint density at radius 2 is 2.14 bits per heavy atom. The van der Waals surface area contributed by atoms with Crippen LogP contribution in [0.15, 0.2) is 41.8 Å². The molecule has 0 bridgehead atoms. The van der Waals surface area contributed by atoms with Crippen molar-refractivity contribution in [1.29, 1.82) is 0 Å². The number of thiazole rings is 1. The van der Waals surface area contributed by atoms with Gasteiger partial charge >= 0.3 is 6.03 Å². The van der Waals surface area contributed by atoms with Gasteiger partial charge in [0.1, 0.15) is 0 Å². The van der Waals surface area contributed by atoms with Gasteiger partial charge in [0, 0.05) is 31.8 Å². The number of urea groups is 1. The molecule has 3 aromatic rings. The first-order valence-corrected chi connectivity index (χ1v) is 11.5. The summed E-state index contributed by atoms with van der Waals surface area (Å²) in [6, 6.07) is 4.66. The van der Waals surface area contributed by atoms with Crippen molar-refractivity contribution in [1.82, 2.24) is 19.9 Å². The van der Waals surface area contributed by atoms with Crippen molar-refractivity contribution >= 4 is 32.3 Å². The number of carbonyl (C=O) groups is 1. The fourth-order valence-corrected chi connectivity index (χ4v) is 4.53. The molecule has 2 heterocycles. The molecule has 2 amide bonds. The lowest BCUT2D eigenvalue weighted by Gasteiger charge is -2.11. The predicted octanol–water partition coefficient (Wildman–Crippen LogP) is 2.21. The summed E-state index contributed by atoms with van der Waals surface area (Å²) in [6.07, 6.45) is 6.43. The van der Waals surface area contributed by atoms with E-state index in [1.165, 1.54) is 17.7 Å². The third-order valence-corrected chi connectivity index (χ3v) is 6.31. The number of rotatable bonds is 7. The van der Waals surface area contributed by atoms with Gasteiger partial charge < -0.3 is 15.0 Å². The van der Waals surface area contributed by atoms with Gasteiger partial charge in [-0.25, -0.2) is 23.2 Å². The normalized spacial score (nSPS) is 11.4. The minimum atomic E-state index is -3.43. The highest BCUT2D eigenvalue weighted by molar-refractivity contribution is 7.90. The molecular formula is C18H21N5O4S2. The molecule has 0 saturated carbocycles. The molecule has 1 aromatic carbocycles. The summed E-state index contributed by atoms with van der Waals surface area (Å²) in [5, 5.41) is 14.5. The molecule has 3 N–H and O–H groups in total. The third-order valence-electron chi connectivity index (χ3n) is 4.04. The zero-order valence-corrected chi connectivity index (χ0v) is 17.5. The lowest BCUT2D eigenvalue weighted by atomic mass is 10.1. The van der Waals surface area contributed by atoms with Gasteiger partial charge in [-0.3, -0.25) is 5.32 Å². The molecule has 154 valence electrons. The molecule has 0 radical (unpaired) electrons. The van der Waals surface area contributed by atoms with E-state index in [-0.39, 0.29) is 11.5 Å². The van der Waals surface area contributed by atoms with Crippen molar-refractivity contribution in [3.63, 3.8) is 0 Å². The highest BCUT2D eigenvalue weighted by atomic mass is 32.2. The number of hydrogen-bond donors (Lipinski definition) is 3. The van der Waals surface area contributed by atoms with Crippen molar-refractivity contribution in [3.05, 3.63) is 42.6 Å². The molecule has 0 aliphatic heterocycles. The van der Waals surface area contributed by atoms with Crippen molar-refractivity contribution in [2.45, 2.75) is 18.2 Å². The van der Waals surface area contributed by atoms with Crippen LogP contribution in [0, 0.1) is 6.92 Å².